The van der Waals surface area contributed by atoms with Crippen LogP contribution < -0.4 is 11.5 Å². The van der Waals surface area contributed by atoms with E-state index in [2.05, 4.69) is 9.97 Å². The fraction of sp³-hybridized carbons (Fsp3) is 0.200. The van der Waals surface area contributed by atoms with E-state index in [-0.39, 0.29) is 5.82 Å². The summed E-state index contributed by atoms with van der Waals surface area (Å²) in [5.74, 6) is -0.181. The second-order valence-electron chi connectivity index (χ2n) is 5.24. The summed E-state index contributed by atoms with van der Waals surface area (Å²) < 4.78 is 16.0. The van der Waals surface area contributed by atoms with Crippen LogP contribution >= 0.6 is 0 Å². The second kappa shape index (κ2) is 5.27. The molecule has 0 spiro atoms. The molecule has 0 saturated heterocycles. The SMILES string of the molecule is CC(O)Cn1cc(-c2ccc(N)cc2F)c2c(N)ncnc21. The average Bonchev–Trinajstić information content (AvgIpc) is 2.78. The van der Waals surface area contributed by atoms with Crippen molar-refractivity contribution in [1.29, 1.82) is 0 Å². The Bertz CT molecular complexity index is 843. The van der Waals surface area contributed by atoms with Gasteiger partial charge in [0.1, 0.15) is 23.6 Å². The van der Waals surface area contributed by atoms with Gasteiger partial charge in [0.2, 0.25) is 0 Å². The average molecular weight is 301 g/mol. The van der Waals surface area contributed by atoms with E-state index in [4.69, 9.17) is 11.5 Å². The van der Waals surface area contributed by atoms with Crippen LogP contribution in [0.25, 0.3) is 22.2 Å². The molecule has 2 aromatic heterocycles. The monoisotopic (exact) mass is 301 g/mol. The fourth-order valence-corrected chi connectivity index (χ4v) is 2.52. The molecule has 2 heterocycles. The summed E-state index contributed by atoms with van der Waals surface area (Å²) in [4.78, 5) is 8.18. The van der Waals surface area contributed by atoms with Crippen LogP contribution in [0, 0.1) is 5.82 Å². The smallest absolute Gasteiger partial charge is 0.146 e. The van der Waals surface area contributed by atoms with Gasteiger partial charge in [0.25, 0.3) is 0 Å². The zero-order valence-corrected chi connectivity index (χ0v) is 12.0. The van der Waals surface area contributed by atoms with E-state index < -0.39 is 11.9 Å². The van der Waals surface area contributed by atoms with E-state index in [0.717, 1.165) is 0 Å². The third-order valence-electron chi connectivity index (χ3n) is 3.43. The van der Waals surface area contributed by atoms with Crippen molar-refractivity contribution in [2.75, 3.05) is 11.5 Å². The highest BCUT2D eigenvalue weighted by Gasteiger charge is 2.18. The van der Waals surface area contributed by atoms with E-state index >= 15 is 0 Å². The minimum Gasteiger partial charge on any atom is -0.399 e. The van der Waals surface area contributed by atoms with Crippen molar-refractivity contribution in [3.8, 4) is 11.1 Å². The van der Waals surface area contributed by atoms with Crippen LogP contribution in [0.5, 0.6) is 0 Å². The lowest BCUT2D eigenvalue weighted by Crippen LogP contribution is -2.11. The van der Waals surface area contributed by atoms with E-state index in [1.807, 2.05) is 0 Å². The second-order valence-corrected chi connectivity index (χ2v) is 5.24. The van der Waals surface area contributed by atoms with Crippen molar-refractivity contribution in [3.63, 3.8) is 0 Å². The standard InChI is InChI=1S/C15H16FN5O/c1-8(22)5-21-6-11(10-3-2-9(17)4-12(10)16)13-14(18)19-7-20-15(13)21/h2-4,6-8,22H,5,17H2,1H3,(H2,18,19,20). The van der Waals surface area contributed by atoms with Gasteiger partial charge in [-0.15, -0.1) is 0 Å². The zero-order chi connectivity index (χ0) is 15.9. The summed E-state index contributed by atoms with van der Waals surface area (Å²) >= 11 is 0. The maximum Gasteiger partial charge on any atom is 0.146 e. The molecule has 0 fully saturated rings. The number of halogens is 1. The van der Waals surface area contributed by atoms with Crippen molar-refractivity contribution >= 4 is 22.5 Å². The molecular formula is C15H16FN5O. The molecule has 0 bridgehead atoms. The normalized spacial score (nSPS) is 12.7. The number of nitrogens with two attached hydrogens (primary N) is 2. The number of hydrogen-bond donors (Lipinski definition) is 3. The van der Waals surface area contributed by atoms with Crippen LogP contribution in [-0.2, 0) is 6.54 Å². The van der Waals surface area contributed by atoms with E-state index in [0.29, 0.717) is 34.4 Å². The summed E-state index contributed by atoms with van der Waals surface area (Å²) in [6.45, 7) is 1.99. The Balaban J connectivity index is 2.29. The first kappa shape index (κ1) is 14.3. The summed E-state index contributed by atoms with van der Waals surface area (Å²) in [7, 11) is 0. The molecule has 0 aliphatic rings. The first-order valence-electron chi connectivity index (χ1n) is 6.80. The Morgan fingerprint density at radius 1 is 1.27 bits per heavy atom. The summed E-state index contributed by atoms with van der Waals surface area (Å²) in [6.07, 6.45) is 2.49. The fourth-order valence-electron chi connectivity index (χ4n) is 2.52. The number of fused-ring (bicyclic) bond motifs is 1. The summed E-state index contributed by atoms with van der Waals surface area (Å²) in [5.41, 5.74) is 13.4. The largest absolute Gasteiger partial charge is 0.399 e. The third kappa shape index (κ3) is 2.35. The molecule has 5 N–H and O–H groups in total. The molecule has 7 heteroatoms. The number of aliphatic hydroxyl groups is 1. The Labute approximate surface area is 126 Å². The number of nitrogen functional groups attached to an aromatic ring is 2. The molecule has 6 nitrogen and oxygen atoms in total. The van der Waals surface area contributed by atoms with Gasteiger partial charge in [-0.1, -0.05) is 0 Å². The molecule has 3 aromatic rings. The minimum atomic E-state index is -0.573. The van der Waals surface area contributed by atoms with Gasteiger partial charge < -0.3 is 21.1 Å². The molecule has 1 aromatic carbocycles. The van der Waals surface area contributed by atoms with Crippen LogP contribution in [-0.4, -0.2) is 25.7 Å². The van der Waals surface area contributed by atoms with Crippen molar-refractivity contribution in [2.24, 2.45) is 0 Å². The summed E-state index contributed by atoms with van der Waals surface area (Å²) in [6, 6.07) is 4.47. The van der Waals surface area contributed by atoms with Gasteiger partial charge in [0, 0.05) is 29.6 Å². The lowest BCUT2D eigenvalue weighted by atomic mass is 10.1. The van der Waals surface area contributed by atoms with Crippen LogP contribution in [0.15, 0.2) is 30.7 Å². The van der Waals surface area contributed by atoms with Crippen molar-refractivity contribution < 1.29 is 9.50 Å². The summed E-state index contributed by atoms with van der Waals surface area (Å²) in [5, 5.41) is 10.2. The molecular weight excluding hydrogens is 285 g/mol. The van der Waals surface area contributed by atoms with Crippen molar-refractivity contribution in [3.05, 3.63) is 36.5 Å². The quantitative estimate of drug-likeness (QED) is 0.640. The first-order valence-corrected chi connectivity index (χ1v) is 6.80. The maximum absolute atomic E-state index is 14.2. The highest BCUT2D eigenvalue weighted by atomic mass is 19.1. The molecule has 3 rings (SSSR count). The van der Waals surface area contributed by atoms with Crippen LogP contribution in [0.4, 0.5) is 15.9 Å². The zero-order valence-electron chi connectivity index (χ0n) is 12.0. The molecule has 0 radical (unpaired) electrons. The number of anilines is 2. The predicted octanol–water partition coefficient (Wildman–Crippen LogP) is 1.78. The molecule has 0 aliphatic heterocycles. The van der Waals surface area contributed by atoms with E-state index in [1.54, 1.807) is 29.8 Å². The van der Waals surface area contributed by atoms with Crippen molar-refractivity contribution in [2.45, 2.75) is 19.6 Å². The number of benzene rings is 1. The molecule has 0 saturated carbocycles. The minimum absolute atomic E-state index is 0.264. The molecule has 114 valence electrons. The third-order valence-corrected chi connectivity index (χ3v) is 3.43. The van der Waals surface area contributed by atoms with E-state index in [1.165, 1.54) is 12.4 Å². The molecule has 1 unspecified atom stereocenters. The van der Waals surface area contributed by atoms with Crippen molar-refractivity contribution in [1.82, 2.24) is 14.5 Å². The first-order chi connectivity index (χ1) is 10.5. The number of aliphatic hydroxyl groups excluding tert-OH is 1. The lowest BCUT2D eigenvalue weighted by molar-refractivity contribution is 0.175. The topological polar surface area (TPSA) is 103 Å². The highest BCUT2D eigenvalue weighted by molar-refractivity contribution is 6.00. The van der Waals surface area contributed by atoms with Gasteiger partial charge in [0.15, 0.2) is 0 Å². The predicted molar refractivity (Wildman–Crippen MR) is 83.4 cm³/mol. The van der Waals surface area contributed by atoms with Gasteiger partial charge in [-0.05, 0) is 25.1 Å². The van der Waals surface area contributed by atoms with Gasteiger partial charge >= 0.3 is 0 Å². The number of rotatable bonds is 3. The van der Waals surface area contributed by atoms with Crippen LogP contribution in [0.3, 0.4) is 0 Å². The molecule has 1 atom stereocenters. The Hall–Kier alpha value is -2.67. The molecule has 0 aliphatic carbocycles. The number of aromatic nitrogens is 3. The van der Waals surface area contributed by atoms with E-state index in [9.17, 15) is 9.50 Å². The van der Waals surface area contributed by atoms with Gasteiger partial charge in [-0.25, -0.2) is 14.4 Å². The Morgan fingerprint density at radius 2 is 2.05 bits per heavy atom. The Morgan fingerprint density at radius 3 is 2.73 bits per heavy atom. The number of hydrogen-bond acceptors (Lipinski definition) is 5. The number of nitrogens with zero attached hydrogens (tertiary/aromatic N) is 3. The van der Waals surface area contributed by atoms with Gasteiger partial charge in [-0.2, -0.15) is 0 Å². The maximum atomic E-state index is 14.2. The lowest BCUT2D eigenvalue weighted by Gasteiger charge is -2.06. The highest BCUT2D eigenvalue weighted by Crippen LogP contribution is 2.34. The van der Waals surface area contributed by atoms with Gasteiger partial charge in [0.05, 0.1) is 11.5 Å². The van der Waals surface area contributed by atoms with Crippen LogP contribution in [0.1, 0.15) is 6.92 Å². The molecule has 22 heavy (non-hydrogen) atoms. The van der Waals surface area contributed by atoms with Crippen LogP contribution in [0.2, 0.25) is 0 Å². The van der Waals surface area contributed by atoms with Gasteiger partial charge in [-0.3, -0.25) is 0 Å². The Kier molecular flexibility index (Phi) is 3.42. The molecule has 0 amide bonds.